The van der Waals surface area contributed by atoms with Crippen LogP contribution in [0.5, 0.6) is 0 Å². The van der Waals surface area contributed by atoms with E-state index in [1.807, 2.05) is 12.1 Å². The van der Waals surface area contributed by atoms with E-state index in [9.17, 15) is 9.59 Å². The highest BCUT2D eigenvalue weighted by Crippen LogP contribution is 2.11. The molecule has 0 spiro atoms. The Morgan fingerprint density at radius 2 is 1.96 bits per heavy atom. The average Bonchev–Trinajstić information content (AvgIpc) is 3.18. The van der Waals surface area contributed by atoms with Crippen LogP contribution in [0, 0.1) is 0 Å². The summed E-state index contributed by atoms with van der Waals surface area (Å²) >= 11 is 0. The number of amides is 2. The Morgan fingerprint density at radius 3 is 2.72 bits per heavy atom. The van der Waals surface area contributed by atoms with Gasteiger partial charge in [0.2, 0.25) is 0 Å². The zero-order valence-electron chi connectivity index (χ0n) is 13.8. The molecule has 0 aromatic carbocycles. The van der Waals surface area contributed by atoms with Gasteiger partial charge in [0, 0.05) is 43.9 Å². The lowest BCUT2D eigenvalue weighted by Crippen LogP contribution is -2.32. The summed E-state index contributed by atoms with van der Waals surface area (Å²) in [5.74, 6) is -0.563. The molecule has 0 saturated carbocycles. The van der Waals surface area contributed by atoms with Gasteiger partial charge in [0.1, 0.15) is 5.69 Å². The zero-order chi connectivity index (χ0) is 17.5. The molecular weight excluding hydrogens is 320 g/mol. The van der Waals surface area contributed by atoms with Crippen molar-refractivity contribution in [3.63, 3.8) is 0 Å². The van der Waals surface area contributed by atoms with Crippen molar-refractivity contribution < 1.29 is 14.3 Å². The van der Waals surface area contributed by atoms with Gasteiger partial charge in [-0.2, -0.15) is 0 Å². The van der Waals surface area contributed by atoms with Crippen molar-refractivity contribution in [2.75, 3.05) is 13.2 Å². The number of carbonyl (C=O) groups excluding carboxylic acids is 2. The molecular formula is C18H20N4O3. The number of hydrogen-bond acceptors (Lipinski definition) is 5. The van der Waals surface area contributed by atoms with Crippen molar-refractivity contribution in [1.82, 2.24) is 20.6 Å². The van der Waals surface area contributed by atoms with E-state index < -0.39 is 0 Å². The van der Waals surface area contributed by atoms with Crippen molar-refractivity contribution in [2.45, 2.75) is 25.5 Å². The molecule has 1 saturated heterocycles. The topological polar surface area (TPSA) is 93.2 Å². The molecule has 2 amide bonds. The van der Waals surface area contributed by atoms with Crippen LogP contribution >= 0.6 is 0 Å². The van der Waals surface area contributed by atoms with Gasteiger partial charge in [0.05, 0.1) is 6.10 Å². The third-order valence-corrected chi connectivity index (χ3v) is 3.97. The van der Waals surface area contributed by atoms with E-state index in [1.165, 1.54) is 12.3 Å². The van der Waals surface area contributed by atoms with E-state index in [2.05, 4.69) is 20.6 Å². The number of carbonyl (C=O) groups is 2. The Kier molecular flexibility index (Phi) is 5.69. The molecule has 7 heteroatoms. The number of pyridine rings is 2. The van der Waals surface area contributed by atoms with Crippen LogP contribution in [0.1, 0.15) is 39.3 Å². The second kappa shape index (κ2) is 8.34. The van der Waals surface area contributed by atoms with Crippen LogP contribution in [0.2, 0.25) is 0 Å². The van der Waals surface area contributed by atoms with E-state index in [-0.39, 0.29) is 23.6 Å². The fraction of sp³-hybridized carbons (Fsp3) is 0.333. The Hall–Kier alpha value is -2.80. The second-order valence-electron chi connectivity index (χ2n) is 5.81. The molecule has 1 aliphatic rings. The molecule has 0 bridgehead atoms. The van der Waals surface area contributed by atoms with Gasteiger partial charge in [-0.3, -0.25) is 19.6 Å². The first kappa shape index (κ1) is 17.0. The molecule has 0 radical (unpaired) electrons. The third kappa shape index (κ3) is 4.84. The van der Waals surface area contributed by atoms with Gasteiger partial charge in [-0.1, -0.05) is 0 Å². The average molecular weight is 340 g/mol. The lowest BCUT2D eigenvalue weighted by Gasteiger charge is -2.11. The standard InChI is InChI=1S/C18H20N4O3/c23-17(22-12-15-2-1-9-25-15)14-5-8-20-16(10-14)18(24)21-11-13-3-6-19-7-4-13/h3-8,10,15H,1-2,9,11-12H2,(H,21,24)(H,22,23). The summed E-state index contributed by atoms with van der Waals surface area (Å²) < 4.78 is 5.48. The fourth-order valence-corrected chi connectivity index (χ4v) is 2.58. The van der Waals surface area contributed by atoms with Gasteiger partial charge in [-0.05, 0) is 42.7 Å². The molecule has 3 heterocycles. The monoisotopic (exact) mass is 340 g/mol. The van der Waals surface area contributed by atoms with Crippen LogP contribution in [0.25, 0.3) is 0 Å². The summed E-state index contributed by atoms with van der Waals surface area (Å²) in [4.78, 5) is 32.4. The largest absolute Gasteiger partial charge is 0.376 e. The molecule has 130 valence electrons. The molecule has 3 rings (SSSR count). The van der Waals surface area contributed by atoms with E-state index in [0.717, 1.165) is 25.0 Å². The lowest BCUT2D eigenvalue weighted by molar-refractivity contribution is 0.0857. The van der Waals surface area contributed by atoms with Gasteiger partial charge in [0.25, 0.3) is 11.8 Å². The van der Waals surface area contributed by atoms with Crippen molar-refractivity contribution in [3.05, 3.63) is 59.7 Å². The normalized spacial score (nSPS) is 16.4. The molecule has 1 fully saturated rings. The lowest BCUT2D eigenvalue weighted by atomic mass is 10.2. The van der Waals surface area contributed by atoms with Gasteiger partial charge in [-0.15, -0.1) is 0 Å². The van der Waals surface area contributed by atoms with Crippen LogP contribution in [0.3, 0.4) is 0 Å². The quantitative estimate of drug-likeness (QED) is 0.827. The maximum absolute atomic E-state index is 12.2. The van der Waals surface area contributed by atoms with Gasteiger partial charge >= 0.3 is 0 Å². The maximum atomic E-state index is 12.2. The first-order chi connectivity index (χ1) is 12.2. The predicted octanol–water partition coefficient (Wildman–Crippen LogP) is 1.32. The molecule has 1 atom stereocenters. The molecule has 2 N–H and O–H groups in total. The highest BCUT2D eigenvalue weighted by molar-refractivity contribution is 5.98. The van der Waals surface area contributed by atoms with Gasteiger partial charge in [0.15, 0.2) is 0 Å². The molecule has 7 nitrogen and oxygen atoms in total. The SMILES string of the molecule is O=C(NCC1CCCO1)c1ccnc(C(=O)NCc2ccncc2)c1. The molecule has 2 aromatic rings. The molecule has 25 heavy (non-hydrogen) atoms. The number of hydrogen-bond donors (Lipinski definition) is 2. The minimum Gasteiger partial charge on any atom is -0.376 e. The van der Waals surface area contributed by atoms with Crippen molar-refractivity contribution in [1.29, 1.82) is 0 Å². The third-order valence-electron chi connectivity index (χ3n) is 3.97. The van der Waals surface area contributed by atoms with Crippen LogP contribution in [-0.4, -0.2) is 41.0 Å². The van der Waals surface area contributed by atoms with Crippen LogP contribution in [-0.2, 0) is 11.3 Å². The maximum Gasteiger partial charge on any atom is 0.270 e. The van der Waals surface area contributed by atoms with Gasteiger partial charge < -0.3 is 15.4 Å². The summed E-state index contributed by atoms with van der Waals surface area (Å²) in [5.41, 5.74) is 1.55. The second-order valence-corrected chi connectivity index (χ2v) is 5.81. The summed E-state index contributed by atoms with van der Waals surface area (Å²) in [6.45, 7) is 1.60. The highest BCUT2D eigenvalue weighted by Gasteiger charge is 2.17. The Bertz CT molecular complexity index is 730. The Balaban J connectivity index is 1.56. The molecule has 1 aliphatic heterocycles. The van der Waals surface area contributed by atoms with E-state index in [0.29, 0.717) is 18.7 Å². The smallest absolute Gasteiger partial charge is 0.270 e. The number of rotatable bonds is 6. The van der Waals surface area contributed by atoms with E-state index in [4.69, 9.17) is 4.74 Å². The predicted molar refractivity (Wildman–Crippen MR) is 91.0 cm³/mol. The number of nitrogens with one attached hydrogen (secondary N) is 2. The summed E-state index contributed by atoms with van der Waals surface area (Å²) in [6.07, 6.45) is 6.85. The molecule has 2 aromatic heterocycles. The van der Waals surface area contributed by atoms with Crippen molar-refractivity contribution in [3.8, 4) is 0 Å². The minimum absolute atomic E-state index is 0.0777. The number of ether oxygens (including phenoxy) is 1. The first-order valence-corrected chi connectivity index (χ1v) is 8.25. The summed E-state index contributed by atoms with van der Waals surface area (Å²) in [6, 6.07) is 6.72. The first-order valence-electron chi connectivity index (χ1n) is 8.25. The molecule has 1 unspecified atom stereocenters. The van der Waals surface area contributed by atoms with Crippen LogP contribution < -0.4 is 10.6 Å². The van der Waals surface area contributed by atoms with Gasteiger partial charge in [-0.25, -0.2) is 0 Å². The minimum atomic E-state index is -0.328. The van der Waals surface area contributed by atoms with Crippen LogP contribution in [0.4, 0.5) is 0 Å². The Morgan fingerprint density at radius 1 is 1.12 bits per heavy atom. The number of nitrogens with zero attached hydrogens (tertiary/aromatic N) is 2. The van der Waals surface area contributed by atoms with Crippen LogP contribution in [0.15, 0.2) is 42.9 Å². The zero-order valence-corrected chi connectivity index (χ0v) is 13.8. The fourth-order valence-electron chi connectivity index (χ4n) is 2.58. The van der Waals surface area contributed by atoms with Crippen molar-refractivity contribution in [2.24, 2.45) is 0 Å². The van der Waals surface area contributed by atoms with Crippen molar-refractivity contribution >= 4 is 11.8 Å². The molecule has 0 aliphatic carbocycles. The number of aromatic nitrogens is 2. The Labute approximate surface area is 145 Å². The highest BCUT2D eigenvalue weighted by atomic mass is 16.5. The van der Waals surface area contributed by atoms with E-state index in [1.54, 1.807) is 18.5 Å². The summed E-state index contributed by atoms with van der Waals surface area (Å²) in [7, 11) is 0. The van der Waals surface area contributed by atoms with E-state index >= 15 is 0 Å². The summed E-state index contributed by atoms with van der Waals surface area (Å²) in [5, 5.41) is 5.61.